The minimum absolute atomic E-state index is 0.00869. The van der Waals surface area contributed by atoms with Gasteiger partial charge < -0.3 is 0 Å². The summed E-state index contributed by atoms with van der Waals surface area (Å²) in [7, 11) is 2.21. The fraction of sp³-hybridized carbons (Fsp3) is 0.268. The number of rotatable bonds is 8. The van der Waals surface area contributed by atoms with Gasteiger partial charge in [0.1, 0.15) is 5.69 Å². The number of pyridine rings is 1. The van der Waals surface area contributed by atoms with Crippen LogP contribution in [0.1, 0.15) is 57.6 Å². The largest absolute Gasteiger partial charge is 0.295 e. The van der Waals surface area contributed by atoms with E-state index in [0.29, 0.717) is 0 Å². The Morgan fingerprint density at radius 1 is 0.682 bits per heavy atom. The molecule has 0 spiro atoms. The summed E-state index contributed by atoms with van der Waals surface area (Å²) in [6, 6.07) is 44.4. The molecule has 3 heterocycles. The van der Waals surface area contributed by atoms with Crippen molar-refractivity contribution in [3.05, 3.63) is 139 Å². The molecule has 0 N–H and O–H groups in total. The number of nitrogens with zero attached hydrogens (tertiary/aromatic N) is 3. The van der Waals surface area contributed by atoms with Gasteiger partial charge in [0.25, 0.3) is 5.82 Å². The van der Waals surface area contributed by atoms with Crippen LogP contribution in [0, 0.1) is 0 Å². The average Bonchev–Trinajstić information content (AvgIpc) is 3.38. The van der Waals surface area contributed by atoms with Gasteiger partial charge in [-0.05, 0) is 79.8 Å². The Kier molecular flexibility index (Phi) is 7.20. The molecular weight excluding hydrogens is 534 g/mol. The highest BCUT2D eigenvalue weighted by Gasteiger charge is 2.58. The van der Waals surface area contributed by atoms with Crippen LogP contribution in [-0.2, 0) is 24.4 Å². The van der Waals surface area contributed by atoms with E-state index in [1.54, 1.807) is 0 Å². The molecule has 1 aliphatic heterocycles. The molecule has 6 aromatic rings. The van der Waals surface area contributed by atoms with Gasteiger partial charge in [-0.25, -0.2) is 4.57 Å². The number of benzene rings is 4. The molecule has 0 saturated carbocycles. The predicted octanol–water partition coefficient (Wildman–Crippen LogP) is 8.89. The SMILES string of the molecule is CCC1(C)c2ccccc2-c2cccc[n+]2C1(CC)CCCc1ccccc1-c1n(-c2ccccc2)c2ccccc2[n+]1C. The smallest absolute Gasteiger partial charge is 0.225 e. The summed E-state index contributed by atoms with van der Waals surface area (Å²) in [6.45, 7) is 7.30. The van der Waals surface area contributed by atoms with Crippen LogP contribution >= 0.6 is 0 Å². The van der Waals surface area contributed by atoms with Gasteiger partial charge in [0, 0.05) is 25.0 Å². The number of aryl methyl sites for hydroxylation is 2. The van der Waals surface area contributed by atoms with Crippen LogP contribution in [0.4, 0.5) is 0 Å². The predicted molar refractivity (Wildman–Crippen MR) is 181 cm³/mol. The minimum Gasteiger partial charge on any atom is -0.225 e. The number of aromatic nitrogens is 3. The van der Waals surface area contributed by atoms with Gasteiger partial charge in [0.2, 0.25) is 5.69 Å². The van der Waals surface area contributed by atoms with Crippen molar-refractivity contribution in [2.24, 2.45) is 7.05 Å². The molecule has 0 bridgehead atoms. The second kappa shape index (κ2) is 11.2. The van der Waals surface area contributed by atoms with E-state index in [-0.39, 0.29) is 11.0 Å². The lowest BCUT2D eigenvalue weighted by molar-refractivity contribution is -0.770. The average molecular weight is 578 g/mol. The molecule has 3 nitrogen and oxygen atoms in total. The molecule has 0 radical (unpaired) electrons. The first kappa shape index (κ1) is 28.3. The fourth-order valence-corrected chi connectivity index (χ4v) is 8.38. The lowest BCUT2D eigenvalue weighted by atomic mass is 9.58. The molecule has 0 aliphatic carbocycles. The number of hydrogen-bond donors (Lipinski definition) is 0. The van der Waals surface area contributed by atoms with Crippen LogP contribution < -0.4 is 9.13 Å². The Hall–Kier alpha value is -4.50. The zero-order valence-corrected chi connectivity index (χ0v) is 26.5. The van der Waals surface area contributed by atoms with Crippen LogP contribution in [0.25, 0.3) is 39.4 Å². The Morgan fingerprint density at radius 2 is 1.36 bits per heavy atom. The van der Waals surface area contributed by atoms with Crippen molar-refractivity contribution in [3.8, 4) is 28.3 Å². The van der Waals surface area contributed by atoms with Gasteiger partial charge >= 0.3 is 0 Å². The third-order valence-corrected chi connectivity index (χ3v) is 10.8. The first-order valence-corrected chi connectivity index (χ1v) is 16.3. The molecule has 0 amide bonds. The molecule has 2 unspecified atom stereocenters. The highest BCUT2D eigenvalue weighted by molar-refractivity contribution is 5.79. The Labute approximate surface area is 262 Å². The van der Waals surface area contributed by atoms with Gasteiger partial charge in [0.15, 0.2) is 22.8 Å². The number of hydrogen-bond acceptors (Lipinski definition) is 0. The first-order valence-electron chi connectivity index (χ1n) is 16.3. The van der Waals surface area contributed by atoms with Crippen LogP contribution in [0.5, 0.6) is 0 Å². The normalized spacial score (nSPS) is 19.1. The van der Waals surface area contributed by atoms with Gasteiger partial charge in [-0.1, -0.05) is 80.6 Å². The number of para-hydroxylation sites is 3. The summed E-state index contributed by atoms with van der Waals surface area (Å²) in [5.74, 6) is 1.22. The van der Waals surface area contributed by atoms with Crippen LogP contribution in [-0.4, -0.2) is 4.57 Å². The molecule has 7 rings (SSSR count). The second-order valence-electron chi connectivity index (χ2n) is 12.6. The molecule has 1 aliphatic rings. The Balaban J connectivity index is 1.30. The molecule has 0 saturated heterocycles. The lowest BCUT2D eigenvalue weighted by Gasteiger charge is -2.48. The molecule has 0 fully saturated rings. The van der Waals surface area contributed by atoms with E-state index < -0.39 is 0 Å². The Morgan fingerprint density at radius 3 is 2.16 bits per heavy atom. The maximum Gasteiger partial charge on any atom is 0.295 e. The lowest BCUT2D eigenvalue weighted by Crippen LogP contribution is -2.69. The summed E-state index contributed by atoms with van der Waals surface area (Å²) < 4.78 is 7.44. The van der Waals surface area contributed by atoms with Gasteiger partial charge in [-0.2, -0.15) is 9.13 Å². The monoisotopic (exact) mass is 577 g/mol. The summed E-state index contributed by atoms with van der Waals surface area (Å²) in [6.07, 6.45) is 7.79. The van der Waals surface area contributed by atoms with Crippen molar-refractivity contribution in [2.75, 3.05) is 0 Å². The van der Waals surface area contributed by atoms with Gasteiger partial charge in [0.05, 0.1) is 23.6 Å². The fourth-order valence-electron chi connectivity index (χ4n) is 8.38. The van der Waals surface area contributed by atoms with Crippen molar-refractivity contribution >= 4 is 11.0 Å². The molecule has 220 valence electrons. The molecule has 4 aromatic carbocycles. The number of fused-ring (bicyclic) bond motifs is 4. The summed E-state index contributed by atoms with van der Waals surface area (Å²) in [5.41, 5.74) is 10.6. The summed E-state index contributed by atoms with van der Waals surface area (Å²) in [5, 5.41) is 0. The standard InChI is InChI=1S/C41H43N3/c1-5-40(3)35-25-13-12-24-34(35)36-26-16-17-30-43(36)41(40,6-2)29-18-20-31-19-10-11-23-33(31)39-42(4)37-27-14-15-28-38(37)44(39)32-21-8-7-9-22-32/h7-17,19,21-28,30H,5-6,18,20,29H2,1-4H3/q+2. The van der Waals surface area contributed by atoms with Crippen molar-refractivity contribution in [2.45, 2.75) is 63.8 Å². The van der Waals surface area contributed by atoms with Crippen LogP contribution in [0.3, 0.4) is 0 Å². The van der Waals surface area contributed by atoms with Gasteiger partial charge in [-0.15, -0.1) is 0 Å². The topological polar surface area (TPSA) is 12.7 Å². The van der Waals surface area contributed by atoms with E-state index in [0.717, 1.165) is 32.1 Å². The van der Waals surface area contributed by atoms with Crippen molar-refractivity contribution in [1.29, 1.82) is 0 Å². The first-order chi connectivity index (χ1) is 21.5. The zero-order valence-electron chi connectivity index (χ0n) is 26.5. The van der Waals surface area contributed by atoms with E-state index in [1.165, 1.54) is 50.5 Å². The third kappa shape index (κ3) is 4.17. The van der Waals surface area contributed by atoms with Gasteiger partial charge in [-0.3, -0.25) is 0 Å². The quantitative estimate of drug-likeness (QED) is 0.160. The molecule has 2 atom stereocenters. The maximum absolute atomic E-state index is 2.64. The highest BCUT2D eigenvalue weighted by atomic mass is 15.2. The molecular formula is C41H43N3+2. The third-order valence-electron chi connectivity index (χ3n) is 10.8. The van der Waals surface area contributed by atoms with Crippen molar-refractivity contribution < 1.29 is 9.13 Å². The molecule has 2 aromatic heterocycles. The second-order valence-corrected chi connectivity index (χ2v) is 12.6. The van der Waals surface area contributed by atoms with E-state index in [1.807, 2.05) is 0 Å². The van der Waals surface area contributed by atoms with Crippen LogP contribution in [0.2, 0.25) is 0 Å². The van der Waals surface area contributed by atoms with E-state index in [9.17, 15) is 0 Å². The van der Waals surface area contributed by atoms with Crippen LogP contribution in [0.15, 0.2) is 128 Å². The van der Waals surface area contributed by atoms with E-state index >= 15 is 0 Å². The summed E-state index contributed by atoms with van der Waals surface area (Å²) >= 11 is 0. The highest BCUT2D eigenvalue weighted by Crippen LogP contribution is 2.51. The summed E-state index contributed by atoms with van der Waals surface area (Å²) in [4.78, 5) is 0. The van der Waals surface area contributed by atoms with Crippen molar-refractivity contribution in [3.63, 3.8) is 0 Å². The molecule has 3 heteroatoms. The Bertz CT molecular complexity index is 1950. The van der Waals surface area contributed by atoms with Crippen molar-refractivity contribution in [1.82, 2.24) is 4.57 Å². The maximum atomic E-state index is 2.64. The zero-order chi connectivity index (χ0) is 30.3. The minimum atomic E-state index is -0.00869. The molecule has 44 heavy (non-hydrogen) atoms. The van der Waals surface area contributed by atoms with E-state index in [2.05, 4.69) is 169 Å². The number of imidazole rings is 1. The van der Waals surface area contributed by atoms with E-state index in [4.69, 9.17) is 0 Å².